The Morgan fingerprint density at radius 3 is 2.54 bits per heavy atom. The zero-order valence-electron chi connectivity index (χ0n) is 27.7. The molecule has 0 atom stereocenters. The maximum absolute atomic E-state index is 13.8. The third-order valence-electron chi connectivity index (χ3n) is 8.82. The second-order valence-corrected chi connectivity index (χ2v) is 12.5. The quantitative estimate of drug-likeness (QED) is 0.184. The molecule has 0 saturated carbocycles. The van der Waals surface area contributed by atoms with Gasteiger partial charge in [0.2, 0.25) is 0 Å². The molecule has 1 fully saturated rings. The number of piperidine rings is 1. The number of anilines is 3. The van der Waals surface area contributed by atoms with Crippen LogP contribution in [0.5, 0.6) is 0 Å². The third kappa shape index (κ3) is 6.97. The summed E-state index contributed by atoms with van der Waals surface area (Å²) in [5.41, 5.74) is 4.69. The fourth-order valence-electron chi connectivity index (χ4n) is 6.01. The average molecular weight is 678 g/mol. The number of carbonyl (C=O) groups excluding carboxylic acids is 1. The highest BCUT2D eigenvalue weighted by atomic mass is 19.4. The first-order valence-electron chi connectivity index (χ1n) is 16.1. The molecule has 0 bridgehead atoms. The van der Waals surface area contributed by atoms with Crippen molar-refractivity contribution < 1.29 is 18.0 Å². The van der Waals surface area contributed by atoms with E-state index in [-0.39, 0.29) is 16.9 Å². The highest BCUT2D eigenvalue weighted by molar-refractivity contribution is 6.04. The fourth-order valence-corrected chi connectivity index (χ4v) is 6.01. The molecule has 1 saturated heterocycles. The lowest BCUT2D eigenvalue weighted by Gasteiger charge is -2.28. The Balaban J connectivity index is 1.10. The van der Waals surface area contributed by atoms with Gasteiger partial charge in [0.1, 0.15) is 5.69 Å². The minimum Gasteiger partial charge on any atom is -0.350 e. The average Bonchev–Trinajstić information content (AvgIpc) is 3.85. The molecule has 13 heteroatoms. The lowest BCUT2D eigenvalue weighted by atomic mass is 10.0. The third-order valence-corrected chi connectivity index (χ3v) is 8.82. The van der Waals surface area contributed by atoms with Crippen LogP contribution in [0.3, 0.4) is 0 Å². The molecule has 10 nitrogen and oxygen atoms in total. The number of halogens is 3. The molecule has 0 radical (unpaired) electrons. The monoisotopic (exact) mass is 677 g/mol. The molecule has 0 spiro atoms. The zero-order valence-corrected chi connectivity index (χ0v) is 27.7. The number of alkyl halides is 3. The van der Waals surface area contributed by atoms with Crippen LogP contribution in [0.25, 0.3) is 11.3 Å². The molecule has 0 aliphatic carbocycles. The van der Waals surface area contributed by atoms with Crippen LogP contribution < -0.4 is 10.6 Å². The van der Waals surface area contributed by atoms with E-state index in [9.17, 15) is 18.0 Å². The van der Waals surface area contributed by atoms with E-state index in [1.54, 1.807) is 37.5 Å². The number of imidazole rings is 2. The van der Waals surface area contributed by atoms with Gasteiger partial charge in [-0.25, -0.2) is 9.97 Å². The Morgan fingerprint density at radius 1 is 0.960 bits per heavy atom. The van der Waals surface area contributed by atoms with Gasteiger partial charge >= 0.3 is 6.18 Å². The number of hydrogen-bond donors (Lipinski definition) is 2. The first-order chi connectivity index (χ1) is 24.0. The van der Waals surface area contributed by atoms with Crippen molar-refractivity contribution in [2.24, 2.45) is 0 Å². The minimum atomic E-state index is -4.61. The van der Waals surface area contributed by atoms with Crippen molar-refractivity contribution >= 4 is 28.6 Å². The van der Waals surface area contributed by atoms with E-state index in [1.165, 1.54) is 17.0 Å². The topological polar surface area (TPSA) is 97.3 Å². The molecule has 2 N–H and O–H groups in total. The molecule has 0 unspecified atom stereocenters. The van der Waals surface area contributed by atoms with E-state index in [2.05, 4.69) is 49.5 Å². The van der Waals surface area contributed by atoms with Gasteiger partial charge in [-0.2, -0.15) is 18.3 Å². The molecule has 4 aromatic heterocycles. The summed E-state index contributed by atoms with van der Waals surface area (Å²) in [4.78, 5) is 24.4. The Morgan fingerprint density at radius 2 is 1.78 bits per heavy atom. The maximum Gasteiger partial charge on any atom is 0.416 e. The van der Waals surface area contributed by atoms with E-state index in [0.717, 1.165) is 55.0 Å². The smallest absolute Gasteiger partial charge is 0.350 e. The number of likely N-dealkylation sites (tertiary alicyclic amines) is 1. The van der Waals surface area contributed by atoms with E-state index in [0.29, 0.717) is 28.6 Å². The Bertz CT molecular complexity index is 2260. The second kappa shape index (κ2) is 13.2. The standard InChI is InChI=1S/C37H34F3N9O/c1-24-6-7-27(36(50)45-29-16-28(37(38,39)40)17-33(18-29)47-21-25(2)42-23-47)15-26(24)8-9-32-20-41-35-34(5-4-12-48(32)35)44-30-19-43-49(22-30)31-10-13-46(3)14-11-31/h4-7,12,15-23,31,44H,10-11,13-14H2,1-3H3,(H,45,50). The number of hydrogen-bond acceptors (Lipinski definition) is 6. The lowest BCUT2D eigenvalue weighted by Crippen LogP contribution is -2.31. The van der Waals surface area contributed by atoms with Gasteiger partial charge in [-0.1, -0.05) is 12.0 Å². The molecule has 6 aromatic rings. The summed E-state index contributed by atoms with van der Waals surface area (Å²) in [7, 11) is 2.14. The van der Waals surface area contributed by atoms with Gasteiger partial charge in [0.15, 0.2) is 5.65 Å². The van der Waals surface area contributed by atoms with Crippen molar-refractivity contribution in [2.45, 2.75) is 38.9 Å². The molecule has 254 valence electrons. The number of aryl methyl sites for hydroxylation is 2. The molecular formula is C37H34F3N9O. The summed E-state index contributed by atoms with van der Waals surface area (Å²) in [6.07, 6.45) is 7.97. The fraction of sp³-hybridized carbons (Fsp3) is 0.243. The van der Waals surface area contributed by atoms with E-state index in [1.807, 2.05) is 46.7 Å². The highest BCUT2D eigenvalue weighted by Crippen LogP contribution is 2.33. The second-order valence-electron chi connectivity index (χ2n) is 12.5. The molecular weight excluding hydrogens is 643 g/mol. The number of nitrogens with zero attached hydrogens (tertiary/aromatic N) is 7. The summed E-state index contributed by atoms with van der Waals surface area (Å²) in [5, 5.41) is 10.7. The molecule has 50 heavy (non-hydrogen) atoms. The molecule has 1 aliphatic heterocycles. The van der Waals surface area contributed by atoms with Crippen molar-refractivity contribution in [1.29, 1.82) is 0 Å². The van der Waals surface area contributed by atoms with Crippen LogP contribution in [0, 0.1) is 25.7 Å². The largest absolute Gasteiger partial charge is 0.416 e. The van der Waals surface area contributed by atoms with Gasteiger partial charge in [-0.3, -0.25) is 13.9 Å². The van der Waals surface area contributed by atoms with E-state index in [4.69, 9.17) is 0 Å². The lowest BCUT2D eigenvalue weighted by molar-refractivity contribution is -0.137. The van der Waals surface area contributed by atoms with Crippen LogP contribution in [0.1, 0.15) is 57.3 Å². The van der Waals surface area contributed by atoms with Crippen molar-refractivity contribution in [2.75, 3.05) is 30.8 Å². The molecule has 5 heterocycles. The number of carbonyl (C=O) groups is 1. The van der Waals surface area contributed by atoms with E-state index >= 15 is 0 Å². The van der Waals surface area contributed by atoms with Crippen molar-refractivity contribution in [3.05, 3.63) is 119 Å². The van der Waals surface area contributed by atoms with Gasteiger partial charge < -0.3 is 20.1 Å². The molecule has 7 rings (SSSR count). The van der Waals surface area contributed by atoms with Crippen LogP contribution in [0.4, 0.5) is 30.2 Å². The first kappa shape index (κ1) is 32.7. The summed E-state index contributed by atoms with van der Waals surface area (Å²) in [6.45, 7) is 5.72. The van der Waals surface area contributed by atoms with Crippen molar-refractivity contribution in [1.82, 2.24) is 33.6 Å². The Hall–Kier alpha value is -5.87. The number of amides is 1. The summed E-state index contributed by atoms with van der Waals surface area (Å²) in [6, 6.07) is 12.6. The number of rotatable bonds is 6. The predicted molar refractivity (Wildman–Crippen MR) is 185 cm³/mol. The molecule has 1 amide bonds. The highest BCUT2D eigenvalue weighted by Gasteiger charge is 2.31. The molecule has 1 aliphatic rings. The van der Waals surface area contributed by atoms with Gasteiger partial charge in [0, 0.05) is 41.1 Å². The van der Waals surface area contributed by atoms with Gasteiger partial charge in [-0.05, 0) is 101 Å². The van der Waals surface area contributed by atoms with Crippen LogP contribution >= 0.6 is 0 Å². The Kier molecular flexibility index (Phi) is 8.63. The molecule has 2 aromatic carbocycles. The number of nitrogens with one attached hydrogen (secondary N) is 2. The van der Waals surface area contributed by atoms with Crippen LogP contribution in [0.15, 0.2) is 85.8 Å². The maximum atomic E-state index is 13.8. The van der Waals surface area contributed by atoms with Crippen LogP contribution in [-0.2, 0) is 6.18 Å². The van der Waals surface area contributed by atoms with Crippen molar-refractivity contribution in [3.8, 4) is 17.5 Å². The van der Waals surface area contributed by atoms with Crippen LogP contribution in [0.2, 0.25) is 0 Å². The minimum absolute atomic E-state index is 0.00342. The van der Waals surface area contributed by atoms with Gasteiger partial charge in [0.25, 0.3) is 5.91 Å². The first-order valence-corrected chi connectivity index (χ1v) is 16.1. The predicted octanol–water partition coefficient (Wildman–Crippen LogP) is 7.01. The Labute approximate surface area is 286 Å². The SMILES string of the molecule is Cc1cn(-c2cc(NC(=O)c3ccc(C)c(C#Cc4cnc5c(Nc6cnn(C7CCN(C)CC7)c6)cccn45)c3)cc(C(F)(F)F)c2)cn1. The number of pyridine rings is 1. The summed E-state index contributed by atoms with van der Waals surface area (Å²) in [5.74, 6) is 5.76. The normalized spacial score (nSPS) is 14.0. The number of benzene rings is 2. The van der Waals surface area contributed by atoms with Gasteiger partial charge in [-0.15, -0.1) is 0 Å². The summed E-state index contributed by atoms with van der Waals surface area (Å²) >= 11 is 0. The summed E-state index contributed by atoms with van der Waals surface area (Å²) < 4.78 is 46.7. The zero-order chi connectivity index (χ0) is 35.0. The van der Waals surface area contributed by atoms with Gasteiger partial charge in [0.05, 0.1) is 47.4 Å². The van der Waals surface area contributed by atoms with E-state index < -0.39 is 17.6 Å². The van der Waals surface area contributed by atoms with Crippen LogP contribution in [-0.4, -0.2) is 59.7 Å². The number of fused-ring (bicyclic) bond motifs is 1. The number of aromatic nitrogens is 6. The van der Waals surface area contributed by atoms with Crippen molar-refractivity contribution in [3.63, 3.8) is 0 Å².